The fourth-order valence-corrected chi connectivity index (χ4v) is 2.85. The first-order chi connectivity index (χ1) is 13.3. The Balaban J connectivity index is 1.93. The van der Waals surface area contributed by atoms with Crippen molar-refractivity contribution in [1.29, 1.82) is 5.41 Å². The molecule has 0 aliphatic carbocycles. The van der Waals surface area contributed by atoms with Gasteiger partial charge in [0.25, 0.3) is 5.91 Å². The van der Waals surface area contributed by atoms with Gasteiger partial charge in [0.05, 0.1) is 16.4 Å². The Bertz CT molecular complexity index is 919. The van der Waals surface area contributed by atoms with E-state index >= 15 is 0 Å². The van der Waals surface area contributed by atoms with Crippen LogP contribution in [0.3, 0.4) is 0 Å². The molecule has 0 bridgehead atoms. The molecule has 1 N–H and O–H groups in total. The van der Waals surface area contributed by atoms with Gasteiger partial charge in [-0.15, -0.1) is 0 Å². The van der Waals surface area contributed by atoms with Crippen LogP contribution >= 0.6 is 11.6 Å². The predicted octanol–water partition coefficient (Wildman–Crippen LogP) is 5.28. The van der Waals surface area contributed by atoms with Gasteiger partial charge in [-0.3, -0.25) is 9.79 Å². The number of carbonyl (C=O) groups excluding carboxylic acids is 1. The van der Waals surface area contributed by atoms with Crippen molar-refractivity contribution in [2.45, 2.75) is 19.0 Å². The van der Waals surface area contributed by atoms with E-state index in [1.54, 1.807) is 53.4 Å². The van der Waals surface area contributed by atoms with Gasteiger partial charge >= 0.3 is 6.18 Å². The molecule has 2 aromatic rings. The number of amides is 1. The number of alkyl halides is 3. The minimum Gasteiger partial charge on any atom is -0.339 e. The zero-order valence-corrected chi connectivity index (χ0v) is 15.5. The molecule has 3 rings (SSSR count). The van der Waals surface area contributed by atoms with Crippen LogP contribution in [0.5, 0.6) is 0 Å². The van der Waals surface area contributed by atoms with E-state index < -0.39 is 18.3 Å². The average molecular weight is 408 g/mol. The molecule has 28 heavy (non-hydrogen) atoms. The van der Waals surface area contributed by atoms with Crippen LogP contribution < -0.4 is 0 Å². The van der Waals surface area contributed by atoms with E-state index in [2.05, 4.69) is 4.99 Å². The highest BCUT2D eigenvalue weighted by atomic mass is 35.5. The van der Waals surface area contributed by atoms with E-state index in [9.17, 15) is 18.0 Å². The van der Waals surface area contributed by atoms with Gasteiger partial charge in [-0.25, -0.2) is 0 Å². The molecule has 1 saturated heterocycles. The summed E-state index contributed by atoms with van der Waals surface area (Å²) in [5.41, 5.74) is -0.173. The van der Waals surface area contributed by atoms with Crippen molar-refractivity contribution in [3.8, 4) is 0 Å². The van der Waals surface area contributed by atoms with Gasteiger partial charge in [-0.05, 0) is 36.2 Å². The quantitative estimate of drug-likeness (QED) is 0.673. The predicted molar refractivity (Wildman–Crippen MR) is 103 cm³/mol. The van der Waals surface area contributed by atoms with Gasteiger partial charge in [-0.2, -0.15) is 13.2 Å². The topological polar surface area (TPSA) is 56.5 Å². The standard InChI is InChI=1S/C20H17ClF3N3O/c21-15-4-1-2-5-16(15)26-17(12-18(25)20(22,23)24)13-6-8-14(9-7-13)19(28)27-10-3-11-27/h1-2,4-9,25H,3,10-12H2. The third-order valence-electron chi connectivity index (χ3n) is 4.40. The van der Waals surface area contributed by atoms with Gasteiger partial charge in [-0.1, -0.05) is 35.9 Å². The zero-order chi connectivity index (χ0) is 20.3. The molecule has 1 amide bonds. The summed E-state index contributed by atoms with van der Waals surface area (Å²) in [6.07, 6.45) is -4.47. The van der Waals surface area contributed by atoms with Crippen LogP contribution in [-0.4, -0.2) is 41.5 Å². The summed E-state index contributed by atoms with van der Waals surface area (Å²) >= 11 is 6.07. The third-order valence-corrected chi connectivity index (χ3v) is 4.72. The molecule has 8 heteroatoms. The maximum Gasteiger partial charge on any atom is 0.429 e. The van der Waals surface area contributed by atoms with Gasteiger partial charge in [0.1, 0.15) is 5.71 Å². The fourth-order valence-electron chi connectivity index (χ4n) is 2.67. The summed E-state index contributed by atoms with van der Waals surface area (Å²) in [4.78, 5) is 18.2. The minimum absolute atomic E-state index is 0.0541. The van der Waals surface area contributed by atoms with Crippen LogP contribution in [0.25, 0.3) is 0 Å². The first kappa shape index (κ1) is 20.1. The summed E-state index contributed by atoms with van der Waals surface area (Å²) in [7, 11) is 0. The lowest BCUT2D eigenvalue weighted by molar-refractivity contribution is -0.0605. The highest BCUT2D eigenvalue weighted by Crippen LogP contribution is 2.27. The molecule has 2 aromatic carbocycles. The van der Waals surface area contributed by atoms with Crippen molar-refractivity contribution in [2.24, 2.45) is 4.99 Å². The molecule has 1 aliphatic heterocycles. The number of hydrogen-bond donors (Lipinski definition) is 1. The molecule has 0 radical (unpaired) electrons. The second-order valence-electron chi connectivity index (χ2n) is 6.39. The maximum absolute atomic E-state index is 12.9. The Kier molecular flexibility index (Phi) is 5.84. The van der Waals surface area contributed by atoms with E-state index in [4.69, 9.17) is 17.0 Å². The largest absolute Gasteiger partial charge is 0.429 e. The molecule has 0 atom stereocenters. The molecular formula is C20H17ClF3N3O. The van der Waals surface area contributed by atoms with Crippen LogP contribution in [0.15, 0.2) is 53.5 Å². The fraction of sp³-hybridized carbons (Fsp3) is 0.250. The van der Waals surface area contributed by atoms with E-state index in [1.807, 2.05) is 0 Å². The lowest BCUT2D eigenvalue weighted by Crippen LogP contribution is -2.42. The van der Waals surface area contributed by atoms with E-state index in [1.165, 1.54) is 0 Å². The van der Waals surface area contributed by atoms with Crippen molar-refractivity contribution < 1.29 is 18.0 Å². The lowest BCUT2D eigenvalue weighted by Gasteiger charge is -2.30. The Morgan fingerprint density at radius 1 is 1.07 bits per heavy atom. The number of nitrogens with one attached hydrogen (secondary N) is 1. The molecule has 1 heterocycles. The third kappa shape index (κ3) is 4.59. The number of nitrogens with zero attached hydrogens (tertiary/aromatic N) is 2. The number of rotatable bonds is 5. The molecule has 0 spiro atoms. The molecular weight excluding hydrogens is 391 g/mol. The summed E-state index contributed by atoms with van der Waals surface area (Å²) in [6, 6.07) is 12.8. The average Bonchev–Trinajstić information content (AvgIpc) is 2.60. The van der Waals surface area contributed by atoms with Crippen molar-refractivity contribution in [2.75, 3.05) is 13.1 Å². The van der Waals surface area contributed by atoms with E-state index in [0.29, 0.717) is 34.9 Å². The number of benzene rings is 2. The molecule has 0 unspecified atom stereocenters. The number of aliphatic imine (C=N–C) groups is 1. The van der Waals surface area contributed by atoms with Crippen LogP contribution in [0.4, 0.5) is 18.9 Å². The summed E-state index contributed by atoms with van der Waals surface area (Å²) in [6.45, 7) is 1.42. The molecule has 1 fully saturated rings. The number of halogens is 4. The smallest absolute Gasteiger partial charge is 0.339 e. The first-order valence-electron chi connectivity index (χ1n) is 8.62. The Labute approximate surface area is 165 Å². The van der Waals surface area contributed by atoms with E-state index in [0.717, 1.165) is 6.42 Å². The van der Waals surface area contributed by atoms with Crippen LogP contribution in [0.2, 0.25) is 5.02 Å². The van der Waals surface area contributed by atoms with Crippen LogP contribution in [0.1, 0.15) is 28.8 Å². The van der Waals surface area contributed by atoms with Gasteiger partial charge in [0, 0.05) is 25.1 Å². The van der Waals surface area contributed by atoms with Gasteiger partial charge < -0.3 is 10.3 Å². The molecule has 146 valence electrons. The highest BCUT2D eigenvalue weighted by molar-refractivity contribution is 6.33. The zero-order valence-electron chi connectivity index (χ0n) is 14.8. The number of hydrogen-bond acceptors (Lipinski definition) is 3. The molecule has 4 nitrogen and oxygen atoms in total. The molecule has 0 aromatic heterocycles. The normalized spacial score (nSPS) is 14.6. The number of para-hydroxylation sites is 1. The summed E-state index contributed by atoms with van der Waals surface area (Å²) < 4.78 is 38.7. The maximum atomic E-state index is 12.9. The monoisotopic (exact) mass is 407 g/mol. The van der Waals surface area contributed by atoms with Gasteiger partial charge in [0.2, 0.25) is 0 Å². The van der Waals surface area contributed by atoms with Crippen molar-refractivity contribution in [1.82, 2.24) is 4.90 Å². The highest BCUT2D eigenvalue weighted by Gasteiger charge is 2.35. The second-order valence-corrected chi connectivity index (χ2v) is 6.79. The summed E-state index contributed by atoms with van der Waals surface area (Å²) in [5.74, 6) is -0.106. The second kappa shape index (κ2) is 8.14. The van der Waals surface area contributed by atoms with Crippen LogP contribution in [0, 0.1) is 5.41 Å². The SMILES string of the molecule is N=C(CC(=Nc1ccccc1Cl)c1ccc(C(=O)N2CCC2)cc1)C(F)(F)F. The van der Waals surface area contributed by atoms with Gasteiger partial charge in [0.15, 0.2) is 0 Å². The Morgan fingerprint density at radius 2 is 1.68 bits per heavy atom. The Morgan fingerprint density at radius 3 is 2.21 bits per heavy atom. The Hall–Kier alpha value is -2.67. The molecule has 0 saturated carbocycles. The van der Waals surface area contributed by atoms with Crippen molar-refractivity contribution in [3.05, 3.63) is 64.7 Å². The summed E-state index contributed by atoms with van der Waals surface area (Å²) in [5, 5.41) is 7.63. The number of likely N-dealkylation sites (tertiary alicyclic amines) is 1. The number of carbonyl (C=O) groups is 1. The van der Waals surface area contributed by atoms with E-state index in [-0.39, 0.29) is 11.6 Å². The molecule has 1 aliphatic rings. The lowest BCUT2D eigenvalue weighted by atomic mass is 10.0. The first-order valence-corrected chi connectivity index (χ1v) is 9.00. The van der Waals surface area contributed by atoms with Crippen molar-refractivity contribution >= 4 is 34.6 Å². The minimum atomic E-state index is -4.74. The van der Waals surface area contributed by atoms with Crippen LogP contribution in [-0.2, 0) is 0 Å². The van der Waals surface area contributed by atoms with Crippen molar-refractivity contribution in [3.63, 3.8) is 0 Å².